The van der Waals surface area contributed by atoms with Crippen molar-refractivity contribution in [2.75, 3.05) is 20.1 Å². The van der Waals surface area contributed by atoms with Gasteiger partial charge in [-0.25, -0.2) is 4.98 Å². The molecule has 1 aliphatic rings. The summed E-state index contributed by atoms with van der Waals surface area (Å²) < 4.78 is 2.21. The van der Waals surface area contributed by atoms with Crippen molar-refractivity contribution >= 4 is 5.52 Å². The molecule has 0 saturated carbocycles. The molecule has 0 N–H and O–H groups in total. The minimum Gasteiger partial charge on any atom is -0.306 e. The normalized spacial score (nSPS) is 18.9. The summed E-state index contributed by atoms with van der Waals surface area (Å²) in [4.78, 5) is 11.3. The van der Waals surface area contributed by atoms with E-state index in [4.69, 9.17) is 0 Å². The van der Waals surface area contributed by atoms with Gasteiger partial charge >= 0.3 is 0 Å². The molecule has 0 atom stereocenters. The first kappa shape index (κ1) is 10.7. The quantitative estimate of drug-likeness (QED) is 0.749. The minimum atomic E-state index is 0.593. The van der Waals surface area contributed by atoms with Crippen molar-refractivity contribution in [3.63, 3.8) is 0 Å². The van der Waals surface area contributed by atoms with Crippen LogP contribution in [0.25, 0.3) is 5.52 Å². The Morgan fingerprint density at radius 2 is 2.00 bits per heavy atom. The van der Waals surface area contributed by atoms with E-state index in [1.54, 1.807) is 0 Å². The summed E-state index contributed by atoms with van der Waals surface area (Å²) >= 11 is 0. The molecule has 0 amide bonds. The lowest BCUT2D eigenvalue weighted by molar-refractivity contribution is 0.251. The van der Waals surface area contributed by atoms with Gasteiger partial charge in [0.2, 0.25) is 0 Å². The molecule has 1 saturated heterocycles. The number of rotatable bonds is 1. The van der Waals surface area contributed by atoms with E-state index in [-0.39, 0.29) is 0 Å². The largest absolute Gasteiger partial charge is 0.306 e. The van der Waals surface area contributed by atoms with E-state index in [1.807, 2.05) is 25.5 Å². The van der Waals surface area contributed by atoms with Gasteiger partial charge in [-0.3, -0.25) is 4.98 Å². The zero-order chi connectivity index (χ0) is 11.8. The Labute approximate surface area is 101 Å². The van der Waals surface area contributed by atoms with Crippen LogP contribution in [0.1, 0.15) is 30.3 Å². The number of hydrogen-bond donors (Lipinski definition) is 0. The summed E-state index contributed by atoms with van der Waals surface area (Å²) in [5.74, 6) is 1.80. The monoisotopic (exact) mass is 230 g/mol. The second-order valence-electron chi connectivity index (χ2n) is 4.96. The SMILES string of the molecule is Cc1nccn2c(C3CCN(C)CC3)ncc12. The molecule has 0 bridgehead atoms. The predicted molar refractivity (Wildman–Crippen MR) is 67.2 cm³/mol. The average Bonchev–Trinajstić information content (AvgIpc) is 2.75. The Morgan fingerprint density at radius 1 is 1.24 bits per heavy atom. The van der Waals surface area contributed by atoms with Crippen LogP contribution in [-0.4, -0.2) is 39.4 Å². The fraction of sp³-hybridized carbons (Fsp3) is 0.538. The third-order valence-electron chi connectivity index (χ3n) is 3.76. The molecule has 3 rings (SSSR count). The van der Waals surface area contributed by atoms with Crippen LogP contribution in [0, 0.1) is 6.92 Å². The Kier molecular flexibility index (Phi) is 2.59. The van der Waals surface area contributed by atoms with Gasteiger partial charge in [-0.2, -0.15) is 0 Å². The third-order valence-corrected chi connectivity index (χ3v) is 3.76. The lowest BCUT2D eigenvalue weighted by atomic mass is 9.96. The van der Waals surface area contributed by atoms with Gasteiger partial charge in [-0.15, -0.1) is 0 Å². The van der Waals surface area contributed by atoms with Crippen LogP contribution < -0.4 is 0 Å². The average molecular weight is 230 g/mol. The first-order valence-electron chi connectivity index (χ1n) is 6.23. The highest BCUT2D eigenvalue weighted by molar-refractivity contribution is 5.50. The zero-order valence-electron chi connectivity index (χ0n) is 10.4. The van der Waals surface area contributed by atoms with E-state index in [1.165, 1.54) is 31.8 Å². The van der Waals surface area contributed by atoms with Crippen LogP contribution in [0.5, 0.6) is 0 Å². The van der Waals surface area contributed by atoms with Crippen molar-refractivity contribution < 1.29 is 0 Å². The van der Waals surface area contributed by atoms with Gasteiger partial charge in [0.1, 0.15) is 5.82 Å². The molecule has 17 heavy (non-hydrogen) atoms. The van der Waals surface area contributed by atoms with Crippen molar-refractivity contribution in [1.82, 2.24) is 19.3 Å². The van der Waals surface area contributed by atoms with Crippen LogP contribution in [0.2, 0.25) is 0 Å². The van der Waals surface area contributed by atoms with Gasteiger partial charge in [0.05, 0.1) is 17.4 Å². The van der Waals surface area contributed by atoms with Crippen molar-refractivity contribution in [3.8, 4) is 0 Å². The molecule has 1 aliphatic heterocycles. The van der Waals surface area contributed by atoms with Crippen molar-refractivity contribution in [2.24, 2.45) is 0 Å². The number of imidazole rings is 1. The van der Waals surface area contributed by atoms with Gasteiger partial charge in [-0.05, 0) is 39.9 Å². The lowest BCUT2D eigenvalue weighted by Gasteiger charge is -2.28. The molecule has 0 unspecified atom stereocenters. The molecule has 90 valence electrons. The van der Waals surface area contributed by atoms with Crippen LogP contribution in [-0.2, 0) is 0 Å². The van der Waals surface area contributed by atoms with Crippen molar-refractivity contribution in [1.29, 1.82) is 0 Å². The minimum absolute atomic E-state index is 0.593. The van der Waals surface area contributed by atoms with E-state index in [0.717, 1.165) is 11.2 Å². The topological polar surface area (TPSA) is 33.4 Å². The van der Waals surface area contributed by atoms with E-state index in [9.17, 15) is 0 Å². The molecule has 1 fully saturated rings. The van der Waals surface area contributed by atoms with Gasteiger partial charge in [0, 0.05) is 18.3 Å². The number of fused-ring (bicyclic) bond motifs is 1. The van der Waals surface area contributed by atoms with Crippen molar-refractivity contribution in [3.05, 3.63) is 30.1 Å². The molecule has 4 heteroatoms. The molecule has 2 aromatic heterocycles. The third kappa shape index (κ3) is 1.82. The van der Waals surface area contributed by atoms with Crippen LogP contribution >= 0.6 is 0 Å². The van der Waals surface area contributed by atoms with E-state index >= 15 is 0 Å². The number of nitrogens with zero attached hydrogens (tertiary/aromatic N) is 4. The van der Waals surface area contributed by atoms with E-state index < -0.39 is 0 Å². The van der Waals surface area contributed by atoms with Crippen molar-refractivity contribution in [2.45, 2.75) is 25.7 Å². The molecule has 4 nitrogen and oxygen atoms in total. The Morgan fingerprint density at radius 3 is 2.76 bits per heavy atom. The number of hydrogen-bond acceptors (Lipinski definition) is 3. The van der Waals surface area contributed by atoms with E-state index in [2.05, 4.69) is 26.3 Å². The van der Waals surface area contributed by atoms with Crippen LogP contribution in [0.3, 0.4) is 0 Å². The van der Waals surface area contributed by atoms with Crippen LogP contribution in [0.15, 0.2) is 18.6 Å². The summed E-state index contributed by atoms with van der Waals surface area (Å²) in [7, 11) is 2.19. The zero-order valence-corrected chi connectivity index (χ0v) is 10.4. The molecular formula is C13H18N4. The van der Waals surface area contributed by atoms with Gasteiger partial charge in [0.15, 0.2) is 0 Å². The molecule has 0 aliphatic carbocycles. The molecule has 0 spiro atoms. The second kappa shape index (κ2) is 4.11. The van der Waals surface area contributed by atoms with E-state index in [0.29, 0.717) is 5.92 Å². The molecular weight excluding hydrogens is 212 g/mol. The maximum atomic E-state index is 4.61. The summed E-state index contributed by atoms with van der Waals surface area (Å²) in [5.41, 5.74) is 2.20. The second-order valence-corrected chi connectivity index (χ2v) is 4.96. The maximum Gasteiger partial charge on any atom is 0.116 e. The first-order chi connectivity index (χ1) is 8.25. The Bertz CT molecular complexity index is 523. The standard InChI is InChI=1S/C13H18N4/c1-10-12-9-15-13(17(12)8-5-14-10)11-3-6-16(2)7-4-11/h5,8-9,11H,3-4,6-7H2,1-2H3. The molecule has 3 heterocycles. The Hall–Kier alpha value is -1.42. The summed E-state index contributed by atoms with van der Waals surface area (Å²) in [6.45, 7) is 4.38. The number of aryl methyl sites for hydroxylation is 1. The van der Waals surface area contributed by atoms with Gasteiger partial charge < -0.3 is 9.30 Å². The number of piperidine rings is 1. The Balaban J connectivity index is 1.98. The van der Waals surface area contributed by atoms with Gasteiger partial charge in [0.25, 0.3) is 0 Å². The highest BCUT2D eigenvalue weighted by Gasteiger charge is 2.22. The fourth-order valence-corrected chi connectivity index (χ4v) is 2.65. The fourth-order valence-electron chi connectivity index (χ4n) is 2.65. The predicted octanol–water partition coefficient (Wildman–Crippen LogP) is 1.85. The first-order valence-corrected chi connectivity index (χ1v) is 6.23. The van der Waals surface area contributed by atoms with Gasteiger partial charge in [-0.1, -0.05) is 0 Å². The maximum absolute atomic E-state index is 4.61. The molecule has 2 aromatic rings. The number of aromatic nitrogens is 3. The molecule has 0 aromatic carbocycles. The summed E-state index contributed by atoms with van der Waals surface area (Å²) in [6.07, 6.45) is 8.26. The summed E-state index contributed by atoms with van der Waals surface area (Å²) in [6, 6.07) is 0. The number of likely N-dealkylation sites (tertiary alicyclic amines) is 1. The highest BCUT2D eigenvalue weighted by atomic mass is 15.1. The smallest absolute Gasteiger partial charge is 0.116 e. The van der Waals surface area contributed by atoms with Crippen LogP contribution in [0.4, 0.5) is 0 Å². The lowest BCUT2D eigenvalue weighted by Crippen LogP contribution is -2.29. The summed E-state index contributed by atoms with van der Waals surface area (Å²) in [5, 5.41) is 0. The molecule has 0 radical (unpaired) electrons. The highest BCUT2D eigenvalue weighted by Crippen LogP contribution is 2.27.